The van der Waals surface area contributed by atoms with Crippen molar-refractivity contribution in [2.75, 3.05) is 35.9 Å². The van der Waals surface area contributed by atoms with E-state index in [2.05, 4.69) is 56.3 Å². The molecule has 2 aliphatic carbocycles. The van der Waals surface area contributed by atoms with Crippen molar-refractivity contribution in [3.05, 3.63) is 114 Å². The second-order valence-electron chi connectivity index (χ2n) is 15.9. The Balaban J connectivity index is 0.000000161. The number of hydrogen-bond donors (Lipinski definition) is 4. The Bertz CT molecular complexity index is 3020. The molecular weight excluding hydrogens is 876 g/mol. The van der Waals surface area contributed by atoms with E-state index >= 15 is 0 Å². The second kappa shape index (κ2) is 19.9. The van der Waals surface area contributed by atoms with Crippen LogP contribution in [0.1, 0.15) is 46.4 Å². The number of benzene rings is 2. The van der Waals surface area contributed by atoms with Crippen molar-refractivity contribution in [1.29, 1.82) is 0 Å². The zero-order valence-electron chi connectivity index (χ0n) is 37.7. The van der Waals surface area contributed by atoms with Crippen molar-refractivity contribution >= 4 is 63.4 Å². The molecule has 6 aromatic heterocycles. The fourth-order valence-electron chi connectivity index (χ4n) is 7.01. The third kappa shape index (κ3) is 11.0. The largest absolute Gasteiger partial charge is 0.494 e. The highest BCUT2D eigenvalue weighted by molar-refractivity contribution is 6.30. The quantitative estimate of drug-likeness (QED) is 0.0607. The van der Waals surface area contributed by atoms with Crippen molar-refractivity contribution in [3.8, 4) is 34.3 Å². The van der Waals surface area contributed by atoms with Gasteiger partial charge in [-0.1, -0.05) is 23.7 Å². The number of pyridine rings is 2. The Kier molecular flexibility index (Phi) is 13.5. The normalized spacial score (nSPS) is 12.8. The lowest BCUT2D eigenvalue weighted by atomic mass is 10.1. The molecule has 20 nitrogen and oxygen atoms in total. The second-order valence-corrected chi connectivity index (χ2v) is 16.3. The summed E-state index contributed by atoms with van der Waals surface area (Å²) in [5.41, 5.74) is 10.5. The van der Waals surface area contributed by atoms with Crippen LogP contribution in [-0.4, -0.2) is 84.8 Å². The van der Waals surface area contributed by atoms with Gasteiger partial charge in [-0.05, 0) is 62.1 Å². The highest BCUT2D eigenvalue weighted by Gasteiger charge is 2.33. The lowest BCUT2D eigenvalue weighted by Gasteiger charge is -2.17. The van der Waals surface area contributed by atoms with Crippen LogP contribution in [0, 0.1) is 11.8 Å². The SMILES string of the molecule is COc1c(Nc2cc(Cl)ncc2C(=O)C2CC2)cccc1-c1ncn(C)n1.COc1c(Nc2cc(Nc3ccn(C)n3)ncc2C(=O)C2CC2)cccc1-c1ncn(C)n1.Cn1ccc(N)n1. The van der Waals surface area contributed by atoms with Crippen molar-refractivity contribution in [3.63, 3.8) is 0 Å². The summed E-state index contributed by atoms with van der Waals surface area (Å²) in [7, 11) is 10.5. The highest BCUT2D eigenvalue weighted by atomic mass is 35.5. The number of halogens is 1. The molecule has 2 aromatic carbocycles. The molecular formula is C46H49ClN16O4. The maximum Gasteiger partial charge on any atom is 0.184 e. The first kappa shape index (κ1) is 45.4. The van der Waals surface area contributed by atoms with Gasteiger partial charge in [0.2, 0.25) is 0 Å². The van der Waals surface area contributed by atoms with Crippen molar-refractivity contribution in [2.24, 2.45) is 40.0 Å². The number of rotatable bonds is 14. The Hall–Kier alpha value is -8.13. The summed E-state index contributed by atoms with van der Waals surface area (Å²) in [4.78, 5) is 42.7. The van der Waals surface area contributed by atoms with Gasteiger partial charge in [0.1, 0.15) is 29.4 Å². The molecule has 0 spiro atoms. The molecule has 0 bridgehead atoms. The summed E-state index contributed by atoms with van der Waals surface area (Å²) in [6, 6.07) is 18.4. The van der Waals surface area contributed by atoms with Crippen LogP contribution in [0.2, 0.25) is 5.15 Å². The molecule has 0 atom stereocenters. The number of aromatic nitrogens is 12. The van der Waals surface area contributed by atoms with E-state index in [1.165, 1.54) is 6.20 Å². The molecule has 2 fully saturated rings. The molecule has 21 heteroatoms. The predicted molar refractivity (Wildman–Crippen MR) is 254 cm³/mol. The number of ether oxygens (including phenoxy) is 2. The summed E-state index contributed by atoms with van der Waals surface area (Å²) in [5, 5.41) is 27.0. The molecule has 0 aliphatic heterocycles. The van der Waals surface area contributed by atoms with Gasteiger partial charge in [0.05, 0.1) is 59.2 Å². The number of para-hydroxylation sites is 2. The standard InChI is InChI=1S/C23H24N8O2.C19H18ClN5O2.C4H7N3/c1-30-10-9-19(28-30)27-20-11-18(16(12-24-20)21(32)14-7-8-14)26-17-6-4-5-15(22(17)33-3)23-25-13-31(2)29-23;1-25-10-22-19(24-25)12-4-3-5-14(18(12)27-2)23-15-8-16(20)21-9-13(15)17(26)11-6-7-11;1-7-3-2-4(5)6-7/h4-6,9-14H,7-8H2,1-3H3,(H2,24,26,27,28);3-5,8-11H,6-7H2,1-2H3,(H,21,23);2-3H,1H3,(H2,5,6). The molecule has 0 saturated heterocycles. The topological polar surface area (TPSA) is 238 Å². The number of carbonyl (C=O) groups is 2. The van der Waals surface area contributed by atoms with Gasteiger partial charge in [0.15, 0.2) is 40.5 Å². The van der Waals surface area contributed by atoms with E-state index in [1.807, 2.05) is 75.9 Å². The summed E-state index contributed by atoms with van der Waals surface area (Å²) < 4.78 is 18.0. The smallest absolute Gasteiger partial charge is 0.184 e. The monoisotopic (exact) mass is 924 g/mol. The lowest BCUT2D eigenvalue weighted by Crippen LogP contribution is -2.08. The third-order valence-corrected chi connectivity index (χ3v) is 10.8. The van der Waals surface area contributed by atoms with Gasteiger partial charge in [-0.3, -0.25) is 28.3 Å². The van der Waals surface area contributed by atoms with E-state index in [0.717, 1.165) is 36.8 Å². The molecule has 344 valence electrons. The van der Waals surface area contributed by atoms with E-state index in [1.54, 1.807) is 77.2 Å². The first-order chi connectivity index (χ1) is 32.4. The Morgan fingerprint density at radius 2 is 1.10 bits per heavy atom. The number of hydrogen-bond acceptors (Lipinski definition) is 16. The number of nitrogens with one attached hydrogen (secondary N) is 3. The van der Waals surface area contributed by atoms with E-state index in [9.17, 15) is 9.59 Å². The van der Waals surface area contributed by atoms with Gasteiger partial charge < -0.3 is 31.2 Å². The van der Waals surface area contributed by atoms with Gasteiger partial charge in [0.25, 0.3) is 0 Å². The minimum atomic E-state index is 0.0629. The van der Waals surface area contributed by atoms with E-state index < -0.39 is 0 Å². The van der Waals surface area contributed by atoms with Crippen molar-refractivity contribution < 1.29 is 19.1 Å². The average Bonchev–Trinajstić information content (AvgIpc) is 4.18. The predicted octanol–water partition coefficient (Wildman–Crippen LogP) is 7.58. The van der Waals surface area contributed by atoms with Crippen LogP contribution in [-0.2, 0) is 28.2 Å². The highest BCUT2D eigenvalue weighted by Crippen LogP contribution is 2.41. The van der Waals surface area contributed by atoms with Crippen LogP contribution in [0.3, 0.4) is 0 Å². The van der Waals surface area contributed by atoms with Gasteiger partial charge in [-0.2, -0.15) is 20.4 Å². The van der Waals surface area contributed by atoms with Gasteiger partial charge in [-0.25, -0.2) is 19.9 Å². The molecule has 0 radical (unpaired) electrons. The number of nitrogens with zero attached hydrogens (tertiary/aromatic N) is 12. The summed E-state index contributed by atoms with van der Waals surface area (Å²) in [5.74, 6) is 4.42. The number of Topliss-reactive ketones (excluding diaryl/α,β-unsaturated/α-hetero) is 2. The number of ketones is 2. The summed E-state index contributed by atoms with van der Waals surface area (Å²) in [6.07, 6.45) is 13.7. The van der Waals surface area contributed by atoms with Crippen LogP contribution in [0.5, 0.6) is 11.5 Å². The Labute approximate surface area is 390 Å². The molecule has 0 amide bonds. The molecule has 2 aliphatic rings. The minimum absolute atomic E-state index is 0.0629. The number of methoxy groups -OCH3 is 2. The Morgan fingerprint density at radius 1 is 0.597 bits per heavy atom. The minimum Gasteiger partial charge on any atom is -0.494 e. The van der Waals surface area contributed by atoms with Gasteiger partial charge in [-0.15, -0.1) is 0 Å². The molecule has 0 unspecified atom stereocenters. The zero-order chi connectivity index (χ0) is 47.2. The third-order valence-electron chi connectivity index (χ3n) is 10.6. The molecule has 5 N–H and O–H groups in total. The maximum atomic E-state index is 13.0. The number of anilines is 7. The zero-order valence-corrected chi connectivity index (χ0v) is 38.4. The van der Waals surface area contributed by atoms with E-state index in [4.69, 9.17) is 26.8 Å². The molecule has 2 saturated carbocycles. The van der Waals surface area contributed by atoms with Crippen LogP contribution in [0.4, 0.5) is 40.2 Å². The fourth-order valence-corrected chi connectivity index (χ4v) is 7.17. The maximum absolute atomic E-state index is 13.0. The van der Waals surface area contributed by atoms with Crippen LogP contribution < -0.4 is 31.2 Å². The number of aryl methyl sites for hydroxylation is 4. The van der Waals surface area contributed by atoms with Crippen LogP contribution >= 0.6 is 11.6 Å². The Morgan fingerprint density at radius 3 is 1.52 bits per heavy atom. The van der Waals surface area contributed by atoms with Gasteiger partial charge in [0, 0.05) is 76.9 Å². The van der Waals surface area contributed by atoms with Crippen LogP contribution in [0.15, 0.2) is 98.1 Å². The number of nitrogens with two attached hydrogens (primary N) is 1. The summed E-state index contributed by atoms with van der Waals surface area (Å²) >= 11 is 6.07. The summed E-state index contributed by atoms with van der Waals surface area (Å²) in [6.45, 7) is 0. The number of carbonyl (C=O) groups excluding carboxylic acids is 2. The lowest BCUT2D eigenvalue weighted by molar-refractivity contribution is 0.0960. The van der Waals surface area contributed by atoms with E-state index in [0.29, 0.717) is 79.6 Å². The average molecular weight is 925 g/mol. The van der Waals surface area contributed by atoms with Crippen molar-refractivity contribution in [1.82, 2.24) is 59.1 Å². The molecule has 8 aromatic rings. The first-order valence-electron chi connectivity index (χ1n) is 21.2. The molecule has 6 heterocycles. The molecule has 67 heavy (non-hydrogen) atoms. The molecule has 10 rings (SSSR count). The van der Waals surface area contributed by atoms with Crippen molar-refractivity contribution in [2.45, 2.75) is 25.7 Å². The fraction of sp³-hybridized carbons (Fsp3) is 0.261. The van der Waals surface area contributed by atoms with Gasteiger partial charge >= 0.3 is 0 Å². The first-order valence-corrected chi connectivity index (χ1v) is 21.6. The number of nitrogen functional groups attached to an aromatic ring is 1. The van der Waals surface area contributed by atoms with Crippen LogP contribution in [0.25, 0.3) is 22.8 Å². The van der Waals surface area contributed by atoms with E-state index in [-0.39, 0.29) is 23.4 Å².